The third-order valence-electron chi connectivity index (χ3n) is 6.59. The van der Waals surface area contributed by atoms with Gasteiger partial charge in [0.15, 0.2) is 0 Å². The van der Waals surface area contributed by atoms with Gasteiger partial charge in [-0.05, 0) is 53.3 Å². The van der Waals surface area contributed by atoms with Gasteiger partial charge in [0.1, 0.15) is 6.23 Å². The molecule has 3 aromatic carbocycles. The van der Waals surface area contributed by atoms with Crippen LogP contribution >= 0.6 is 0 Å². The minimum Gasteiger partial charge on any atom is -0.465 e. The van der Waals surface area contributed by atoms with E-state index in [-0.39, 0.29) is 23.9 Å². The van der Waals surface area contributed by atoms with Crippen LogP contribution in [0, 0.1) is 5.92 Å². The molecule has 1 aliphatic rings. The lowest BCUT2D eigenvalue weighted by Crippen LogP contribution is -2.47. The fraction of sp³-hybridized carbons (Fsp3) is 0.296. The summed E-state index contributed by atoms with van der Waals surface area (Å²) in [6.45, 7) is 1.95. The van der Waals surface area contributed by atoms with Gasteiger partial charge in [-0.2, -0.15) is 13.2 Å². The van der Waals surface area contributed by atoms with E-state index in [9.17, 15) is 23.1 Å². The van der Waals surface area contributed by atoms with Crippen LogP contribution in [0.2, 0.25) is 0 Å². The van der Waals surface area contributed by atoms with Gasteiger partial charge in [-0.15, -0.1) is 0 Å². The molecule has 3 aromatic rings. The maximum atomic E-state index is 13.6. The molecule has 0 radical (unpaired) electrons. The first kappa shape index (κ1) is 23.8. The van der Waals surface area contributed by atoms with Gasteiger partial charge >= 0.3 is 12.1 Å². The molecule has 0 aliphatic carbocycles. The van der Waals surface area contributed by atoms with Gasteiger partial charge in [-0.1, -0.05) is 55.5 Å². The molecule has 1 aliphatic heterocycles. The number of anilines is 1. The van der Waals surface area contributed by atoms with Crippen molar-refractivity contribution in [2.45, 2.75) is 38.2 Å². The van der Waals surface area contributed by atoms with Crippen molar-refractivity contribution in [1.82, 2.24) is 0 Å². The number of para-hydroxylation sites is 1. The van der Waals surface area contributed by atoms with Crippen LogP contribution < -0.4 is 4.90 Å². The van der Waals surface area contributed by atoms with E-state index in [1.807, 2.05) is 43.3 Å². The van der Waals surface area contributed by atoms with Crippen LogP contribution in [0.25, 0.3) is 0 Å². The lowest BCUT2D eigenvalue weighted by Gasteiger charge is -2.44. The Kier molecular flexibility index (Phi) is 6.66. The maximum absolute atomic E-state index is 13.6. The van der Waals surface area contributed by atoms with Gasteiger partial charge in [-0.3, -0.25) is 0 Å². The first-order valence-electron chi connectivity index (χ1n) is 11.1. The molecular weight excluding hydrogens is 443 g/mol. The number of hydrogen-bond donors (Lipinski definition) is 1. The van der Waals surface area contributed by atoms with Gasteiger partial charge in [0.25, 0.3) is 0 Å². The van der Waals surface area contributed by atoms with E-state index in [1.165, 1.54) is 19.2 Å². The molecule has 0 spiro atoms. The predicted octanol–water partition coefficient (Wildman–Crippen LogP) is 5.79. The number of carbonyl (C=O) groups excluding carboxylic acids is 1. The van der Waals surface area contributed by atoms with Crippen molar-refractivity contribution in [1.29, 1.82) is 0 Å². The summed E-state index contributed by atoms with van der Waals surface area (Å²) >= 11 is 0. The second-order valence-electron chi connectivity index (χ2n) is 8.60. The lowest BCUT2D eigenvalue weighted by atomic mass is 9.77. The monoisotopic (exact) mass is 469 g/mol. The fourth-order valence-electron chi connectivity index (χ4n) is 4.74. The van der Waals surface area contributed by atoms with E-state index < -0.39 is 23.9 Å². The number of aliphatic hydroxyl groups is 1. The summed E-state index contributed by atoms with van der Waals surface area (Å²) in [5.74, 6) is -0.724. The van der Waals surface area contributed by atoms with Gasteiger partial charge in [0, 0.05) is 18.2 Å². The zero-order chi connectivity index (χ0) is 24.5. The number of carbonyl (C=O) groups is 1. The van der Waals surface area contributed by atoms with Crippen LogP contribution in [0.15, 0.2) is 72.8 Å². The van der Waals surface area contributed by atoms with Gasteiger partial charge in [-0.25, -0.2) is 4.79 Å². The summed E-state index contributed by atoms with van der Waals surface area (Å²) in [5, 5.41) is 11.4. The Morgan fingerprint density at radius 2 is 1.65 bits per heavy atom. The van der Waals surface area contributed by atoms with Crippen LogP contribution in [0.5, 0.6) is 0 Å². The number of benzene rings is 3. The van der Waals surface area contributed by atoms with Crippen LogP contribution in [0.4, 0.5) is 18.9 Å². The van der Waals surface area contributed by atoms with E-state index in [4.69, 9.17) is 4.74 Å². The van der Waals surface area contributed by atoms with Crippen molar-refractivity contribution >= 4 is 11.7 Å². The summed E-state index contributed by atoms with van der Waals surface area (Å²) < 4.78 is 45.6. The second-order valence-corrected chi connectivity index (χ2v) is 8.60. The van der Waals surface area contributed by atoms with E-state index in [2.05, 4.69) is 0 Å². The SMILES string of the molecule is COC(=O)c1ccc(CC2C(C)c3ccccc3N(Cc3ccccc3C(F)(F)F)C2O)cc1. The molecule has 0 saturated carbocycles. The molecule has 0 aromatic heterocycles. The molecule has 3 unspecified atom stereocenters. The van der Waals surface area contributed by atoms with Crippen molar-refractivity contribution in [3.63, 3.8) is 0 Å². The smallest absolute Gasteiger partial charge is 0.416 e. The third-order valence-corrected chi connectivity index (χ3v) is 6.59. The number of fused-ring (bicyclic) bond motifs is 1. The maximum Gasteiger partial charge on any atom is 0.416 e. The highest BCUT2D eigenvalue weighted by atomic mass is 19.4. The van der Waals surface area contributed by atoms with Gasteiger partial charge in [0.2, 0.25) is 0 Å². The predicted molar refractivity (Wildman–Crippen MR) is 123 cm³/mol. The number of nitrogens with zero attached hydrogens (tertiary/aromatic N) is 1. The average Bonchev–Trinajstić information content (AvgIpc) is 2.84. The van der Waals surface area contributed by atoms with E-state index in [1.54, 1.807) is 23.1 Å². The summed E-state index contributed by atoms with van der Waals surface area (Å²) in [6, 6.07) is 20.0. The molecule has 178 valence electrons. The largest absolute Gasteiger partial charge is 0.465 e. The Morgan fingerprint density at radius 3 is 2.32 bits per heavy atom. The van der Waals surface area contributed by atoms with Crippen molar-refractivity contribution < 1.29 is 27.8 Å². The minimum absolute atomic E-state index is 0.0272. The molecule has 4 nitrogen and oxygen atoms in total. The number of hydrogen-bond acceptors (Lipinski definition) is 4. The molecule has 7 heteroatoms. The number of rotatable bonds is 5. The summed E-state index contributed by atoms with van der Waals surface area (Å²) in [6.07, 6.45) is -4.98. The Labute approximate surface area is 196 Å². The molecular formula is C27H26F3NO3. The van der Waals surface area contributed by atoms with Gasteiger partial charge < -0.3 is 14.7 Å². The van der Waals surface area contributed by atoms with Crippen molar-refractivity contribution in [3.8, 4) is 0 Å². The van der Waals surface area contributed by atoms with Crippen LogP contribution in [-0.2, 0) is 23.9 Å². The number of methoxy groups -OCH3 is 1. The number of aliphatic hydroxyl groups excluding tert-OH is 1. The van der Waals surface area contributed by atoms with Crippen LogP contribution in [0.1, 0.15) is 45.5 Å². The fourth-order valence-corrected chi connectivity index (χ4v) is 4.74. The normalized spacial score (nSPS) is 20.1. The average molecular weight is 470 g/mol. The van der Waals surface area contributed by atoms with Gasteiger partial charge in [0.05, 0.1) is 18.2 Å². The first-order valence-corrected chi connectivity index (χ1v) is 11.1. The Bertz CT molecular complexity index is 1160. The van der Waals surface area contributed by atoms with Crippen LogP contribution in [-0.4, -0.2) is 24.4 Å². The third kappa shape index (κ3) is 4.66. The molecule has 0 fully saturated rings. The summed E-state index contributed by atoms with van der Waals surface area (Å²) in [7, 11) is 1.32. The quantitative estimate of drug-likeness (QED) is 0.481. The van der Waals surface area contributed by atoms with E-state index in [0.717, 1.165) is 22.9 Å². The highest BCUT2D eigenvalue weighted by Gasteiger charge is 2.39. The van der Waals surface area contributed by atoms with Crippen molar-refractivity contribution in [2.75, 3.05) is 12.0 Å². The highest BCUT2D eigenvalue weighted by molar-refractivity contribution is 5.89. The molecule has 1 N–H and O–H groups in total. The molecule has 34 heavy (non-hydrogen) atoms. The molecule has 1 heterocycles. The molecule has 0 bridgehead atoms. The molecule has 0 saturated heterocycles. The van der Waals surface area contributed by atoms with E-state index >= 15 is 0 Å². The first-order chi connectivity index (χ1) is 16.2. The minimum atomic E-state index is -4.48. The number of ether oxygens (including phenoxy) is 1. The highest BCUT2D eigenvalue weighted by Crippen LogP contribution is 2.44. The van der Waals surface area contributed by atoms with Crippen molar-refractivity contribution in [3.05, 3.63) is 101 Å². The Balaban J connectivity index is 1.67. The van der Waals surface area contributed by atoms with Crippen LogP contribution in [0.3, 0.4) is 0 Å². The second kappa shape index (κ2) is 9.50. The number of halogens is 3. The molecule has 4 rings (SSSR count). The number of esters is 1. The summed E-state index contributed by atoms with van der Waals surface area (Å²) in [5.41, 5.74) is 2.47. The molecule has 0 amide bonds. The van der Waals surface area contributed by atoms with E-state index in [0.29, 0.717) is 12.0 Å². The zero-order valence-electron chi connectivity index (χ0n) is 18.9. The van der Waals surface area contributed by atoms with Crippen molar-refractivity contribution in [2.24, 2.45) is 5.92 Å². The Hall–Kier alpha value is -3.32. The summed E-state index contributed by atoms with van der Waals surface area (Å²) in [4.78, 5) is 13.4. The standard InChI is InChI=1S/C27H26F3NO3/c1-17-21-8-4-6-10-24(21)31(16-20-7-3-5-9-23(20)27(28,29)30)25(32)22(17)15-18-11-13-19(14-12-18)26(33)34-2/h3-14,17,22,25,32H,15-16H2,1-2H3. The lowest BCUT2D eigenvalue weighted by molar-refractivity contribution is -0.138. The Morgan fingerprint density at radius 1 is 1.00 bits per heavy atom. The number of alkyl halides is 3. The topological polar surface area (TPSA) is 49.8 Å². The zero-order valence-corrected chi connectivity index (χ0v) is 18.9. The molecule has 3 atom stereocenters.